The summed E-state index contributed by atoms with van der Waals surface area (Å²) in [6, 6.07) is 6.44. The first kappa shape index (κ1) is 22.9. The molecule has 10 heteroatoms. The van der Waals surface area contributed by atoms with E-state index < -0.39 is 0 Å². The fraction of sp³-hybridized carbons (Fsp3) is 0.360. The van der Waals surface area contributed by atoms with Crippen LogP contribution in [0.2, 0.25) is 0 Å². The third-order valence-corrected chi connectivity index (χ3v) is 6.15. The number of amides is 1. The van der Waals surface area contributed by atoms with E-state index in [1.807, 2.05) is 35.9 Å². The maximum atomic E-state index is 13.5. The molecule has 0 aliphatic carbocycles. The van der Waals surface area contributed by atoms with Gasteiger partial charge in [0.05, 0.1) is 36.7 Å². The van der Waals surface area contributed by atoms with E-state index in [1.165, 1.54) is 7.11 Å². The summed E-state index contributed by atoms with van der Waals surface area (Å²) in [5.74, 6) is 0.282. The summed E-state index contributed by atoms with van der Waals surface area (Å²) in [5.41, 5.74) is 4.10. The van der Waals surface area contributed by atoms with Crippen molar-refractivity contribution in [2.24, 2.45) is 0 Å². The largest absolute Gasteiger partial charge is 0.493 e. The molecule has 1 fully saturated rings. The van der Waals surface area contributed by atoms with Crippen LogP contribution >= 0.6 is 0 Å². The Kier molecular flexibility index (Phi) is 5.89. The average molecular weight is 476 g/mol. The molecule has 4 aromatic rings. The summed E-state index contributed by atoms with van der Waals surface area (Å²) in [7, 11) is 3.09. The number of methoxy groups -OCH3 is 2. The van der Waals surface area contributed by atoms with Crippen molar-refractivity contribution >= 4 is 33.8 Å². The van der Waals surface area contributed by atoms with Gasteiger partial charge in [0.2, 0.25) is 0 Å². The molecule has 3 aromatic heterocycles. The predicted molar refractivity (Wildman–Crippen MR) is 135 cm³/mol. The van der Waals surface area contributed by atoms with E-state index in [9.17, 15) is 4.79 Å². The maximum Gasteiger partial charge on any atom is 0.316 e. The van der Waals surface area contributed by atoms with E-state index in [0.29, 0.717) is 40.2 Å². The Balaban J connectivity index is 1.55. The number of piperazine rings is 1. The fourth-order valence-corrected chi connectivity index (χ4v) is 4.78. The highest BCUT2D eigenvalue weighted by atomic mass is 16.5. The number of nitrogens with one attached hydrogen (secondary N) is 2. The molecular formula is C25H29N7O3. The van der Waals surface area contributed by atoms with Crippen LogP contribution in [0.1, 0.15) is 29.9 Å². The SMILES string of the molecule is COc1ncc2c(N3C[C@H](C)N[C@@H](C)C3)ccc(C(=O)Nc3cc(OC)c4nc(C)cn4c3)c2n1. The molecule has 0 unspecified atom stereocenters. The van der Waals surface area contributed by atoms with E-state index in [4.69, 9.17) is 9.47 Å². The molecule has 0 bridgehead atoms. The molecule has 5 rings (SSSR count). The van der Waals surface area contributed by atoms with Crippen LogP contribution < -0.4 is 25.0 Å². The molecule has 2 atom stereocenters. The van der Waals surface area contributed by atoms with Gasteiger partial charge in [0.15, 0.2) is 11.4 Å². The molecule has 0 saturated carbocycles. The highest BCUT2D eigenvalue weighted by molar-refractivity contribution is 6.14. The number of aromatic nitrogens is 4. The highest BCUT2D eigenvalue weighted by Gasteiger charge is 2.25. The quantitative estimate of drug-likeness (QED) is 0.454. The standard InChI is InChI=1S/C25H29N7O3/c1-14-10-31(11-15(2)27-14)20-7-6-18(22-19(20)9-26-25(30-22)35-5)24(33)29-17-8-21(34-4)23-28-16(3)12-32(23)13-17/h6-9,12-15,27H,10-11H2,1-5H3,(H,29,33)/t14-,15-/m0/s1. The zero-order valence-corrected chi connectivity index (χ0v) is 20.5. The van der Waals surface area contributed by atoms with E-state index in [0.717, 1.165) is 29.9 Å². The van der Waals surface area contributed by atoms with Crippen LogP contribution in [0.4, 0.5) is 11.4 Å². The van der Waals surface area contributed by atoms with Crippen molar-refractivity contribution in [3.05, 3.63) is 48.0 Å². The Morgan fingerprint density at radius 3 is 2.60 bits per heavy atom. The molecule has 1 aliphatic rings. The van der Waals surface area contributed by atoms with Gasteiger partial charge in [0.25, 0.3) is 5.91 Å². The van der Waals surface area contributed by atoms with Gasteiger partial charge in [0, 0.05) is 60.9 Å². The Labute approximate surface area is 203 Å². The number of rotatable bonds is 5. The van der Waals surface area contributed by atoms with Gasteiger partial charge >= 0.3 is 6.01 Å². The number of imidazole rings is 1. The third kappa shape index (κ3) is 4.32. The summed E-state index contributed by atoms with van der Waals surface area (Å²) in [4.78, 5) is 29.1. The van der Waals surface area contributed by atoms with Crippen molar-refractivity contribution in [2.45, 2.75) is 32.9 Å². The van der Waals surface area contributed by atoms with Crippen LogP contribution in [0.15, 0.2) is 36.8 Å². The second kappa shape index (κ2) is 9.03. The first-order chi connectivity index (χ1) is 16.9. The van der Waals surface area contributed by atoms with Gasteiger partial charge in [-0.1, -0.05) is 0 Å². The Bertz CT molecular complexity index is 1410. The molecule has 0 radical (unpaired) electrons. The van der Waals surface area contributed by atoms with Crippen LogP contribution in [0.5, 0.6) is 11.8 Å². The number of hydrogen-bond donors (Lipinski definition) is 2. The van der Waals surface area contributed by atoms with E-state index >= 15 is 0 Å². The molecule has 1 aromatic carbocycles. The number of fused-ring (bicyclic) bond motifs is 2. The van der Waals surface area contributed by atoms with Crippen molar-refractivity contribution in [3.8, 4) is 11.8 Å². The number of benzene rings is 1. The zero-order valence-electron chi connectivity index (χ0n) is 20.5. The smallest absolute Gasteiger partial charge is 0.316 e. The van der Waals surface area contributed by atoms with Gasteiger partial charge in [-0.25, -0.2) is 9.97 Å². The fourth-order valence-electron chi connectivity index (χ4n) is 4.78. The molecule has 35 heavy (non-hydrogen) atoms. The monoisotopic (exact) mass is 475 g/mol. The van der Waals surface area contributed by atoms with Crippen molar-refractivity contribution in [1.29, 1.82) is 0 Å². The topological polar surface area (TPSA) is 106 Å². The van der Waals surface area contributed by atoms with Crippen molar-refractivity contribution in [1.82, 2.24) is 24.7 Å². The molecule has 4 heterocycles. The normalized spacial score (nSPS) is 18.1. The number of carbonyl (C=O) groups excluding carboxylic acids is 1. The molecule has 0 spiro atoms. The van der Waals surface area contributed by atoms with Crippen molar-refractivity contribution in [3.63, 3.8) is 0 Å². The summed E-state index contributed by atoms with van der Waals surface area (Å²) in [6.07, 6.45) is 5.42. The minimum Gasteiger partial charge on any atom is -0.493 e. The summed E-state index contributed by atoms with van der Waals surface area (Å²) >= 11 is 0. The number of hydrogen-bond acceptors (Lipinski definition) is 8. The maximum absolute atomic E-state index is 13.5. The van der Waals surface area contributed by atoms with Crippen LogP contribution in [0.3, 0.4) is 0 Å². The summed E-state index contributed by atoms with van der Waals surface area (Å²) < 4.78 is 12.6. The average Bonchev–Trinajstić information content (AvgIpc) is 3.21. The molecule has 1 aliphatic heterocycles. The Hall–Kier alpha value is -3.92. The number of aryl methyl sites for hydroxylation is 1. The first-order valence-corrected chi connectivity index (χ1v) is 11.6. The number of carbonyl (C=O) groups is 1. The summed E-state index contributed by atoms with van der Waals surface area (Å²) in [5, 5.41) is 7.34. The highest BCUT2D eigenvalue weighted by Crippen LogP contribution is 2.31. The number of pyridine rings is 1. The van der Waals surface area contributed by atoms with Crippen molar-refractivity contribution < 1.29 is 14.3 Å². The van der Waals surface area contributed by atoms with Crippen LogP contribution in [-0.4, -0.2) is 64.7 Å². The molecule has 182 valence electrons. The van der Waals surface area contributed by atoms with Crippen molar-refractivity contribution in [2.75, 3.05) is 37.5 Å². The Morgan fingerprint density at radius 2 is 1.89 bits per heavy atom. The lowest BCUT2D eigenvalue weighted by Gasteiger charge is -2.38. The first-order valence-electron chi connectivity index (χ1n) is 11.6. The lowest BCUT2D eigenvalue weighted by atomic mass is 10.0. The van der Waals surface area contributed by atoms with Gasteiger partial charge in [0.1, 0.15) is 0 Å². The number of anilines is 2. The third-order valence-electron chi connectivity index (χ3n) is 6.15. The molecule has 2 N–H and O–H groups in total. The number of nitrogens with zero attached hydrogens (tertiary/aromatic N) is 5. The number of ether oxygens (including phenoxy) is 2. The summed E-state index contributed by atoms with van der Waals surface area (Å²) in [6.45, 7) is 7.94. The minimum atomic E-state index is -0.289. The van der Waals surface area contributed by atoms with Crippen LogP contribution in [0, 0.1) is 6.92 Å². The van der Waals surface area contributed by atoms with E-state index in [2.05, 4.69) is 44.3 Å². The second-order valence-corrected chi connectivity index (χ2v) is 8.99. The lowest BCUT2D eigenvalue weighted by molar-refractivity contribution is 0.102. The van der Waals surface area contributed by atoms with Gasteiger partial charge in [-0.15, -0.1) is 0 Å². The zero-order chi connectivity index (χ0) is 24.7. The van der Waals surface area contributed by atoms with Gasteiger partial charge in [-0.05, 0) is 32.9 Å². The molecular weight excluding hydrogens is 446 g/mol. The second-order valence-electron chi connectivity index (χ2n) is 8.99. The molecule has 1 saturated heterocycles. The van der Waals surface area contributed by atoms with Gasteiger partial charge < -0.3 is 29.4 Å². The molecule has 10 nitrogen and oxygen atoms in total. The van der Waals surface area contributed by atoms with Gasteiger partial charge in [-0.3, -0.25) is 4.79 Å². The molecule has 1 amide bonds. The lowest BCUT2D eigenvalue weighted by Crippen LogP contribution is -2.54. The Morgan fingerprint density at radius 1 is 1.11 bits per heavy atom. The predicted octanol–water partition coefficient (Wildman–Crippen LogP) is 3.04. The van der Waals surface area contributed by atoms with Crippen LogP contribution in [0.25, 0.3) is 16.6 Å². The van der Waals surface area contributed by atoms with E-state index in [-0.39, 0.29) is 11.9 Å². The van der Waals surface area contributed by atoms with Crippen LogP contribution in [-0.2, 0) is 0 Å². The van der Waals surface area contributed by atoms with E-state index in [1.54, 1.807) is 19.4 Å². The van der Waals surface area contributed by atoms with Gasteiger partial charge in [-0.2, -0.15) is 4.98 Å². The minimum absolute atomic E-state index is 0.211.